The Labute approximate surface area is 139 Å². The van der Waals surface area contributed by atoms with Gasteiger partial charge in [-0.05, 0) is 24.3 Å². The normalized spacial score (nSPS) is 14.8. The predicted octanol–water partition coefficient (Wildman–Crippen LogP) is 2.78. The first-order valence-electron chi connectivity index (χ1n) is 8.02. The van der Waals surface area contributed by atoms with Gasteiger partial charge in [0.1, 0.15) is 11.6 Å². The molecule has 24 heavy (non-hydrogen) atoms. The van der Waals surface area contributed by atoms with Gasteiger partial charge in [-0.2, -0.15) is 0 Å². The maximum absolute atomic E-state index is 13.8. The number of carbonyl (C=O) groups excluding carboxylic acids is 2. The number of furan rings is 1. The molecule has 0 N–H and O–H groups in total. The maximum atomic E-state index is 13.8. The zero-order valence-electron chi connectivity index (χ0n) is 13.5. The third-order valence-electron chi connectivity index (χ3n) is 4.18. The summed E-state index contributed by atoms with van der Waals surface area (Å²) in [7, 11) is 0. The lowest BCUT2D eigenvalue weighted by Gasteiger charge is -2.34. The molecule has 0 unspecified atom stereocenters. The van der Waals surface area contributed by atoms with Crippen LogP contribution in [-0.2, 0) is 4.79 Å². The fourth-order valence-electron chi connectivity index (χ4n) is 2.80. The first-order chi connectivity index (χ1) is 11.6. The lowest BCUT2D eigenvalue weighted by molar-refractivity contribution is -0.132. The number of halogens is 1. The van der Waals surface area contributed by atoms with Crippen molar-refractivity contribution in [2.45, 2.75) is 13.3 Å². The van der Waals surface area contributed by atoms with Crippen LogP contribution in [0.2, 0.25) is 0 Å². The molecule has 2 aromatic rings. The highest BCUT2D eigenvalue weighted by molar-refractivity contribution is 5.92. The molecule has 0 bridgehead atoms. The Balaban J connectivity index is 1.69. The molecule has 3 rings (SSSR count). The molecule has 5 nitrogen and oxygen atoms in total. The number of amides is 2. The van der Waals surface area contributed by atoms with Crippen molar-refractivity contribution in [2.24, 2.45) is 0 Å². The van der Waals surface area contributed by atoms with Crippen molar-refractivity contribution in [2.75, 3.05) is 26.2 Å². The van der Waals surface area contributed by atoms with Crippen molar-refractivity contribution in [1.82, 2.24) is 9.80 Å². The molecular formula is C18H19FN2O3. The van der Waals surface area contributed by atoms with E-state index in [9.17, 15) is 14.0 Å². The number of nitrogens with zero attached hydrogens (tertiary/aromatic N) is 2. The second kappa shape index (κ2) is 6.86. The molecule has 1 saturated heterocycles. The van der Waals surface area contributed by atoms with Crippen LogP contribution in [0.1, 0.15) is 23.9 Å². The molecule has 1 aromatic heterocycles. The molecule has 1 aromatic carbocycles. The van der Waals surface area contributed by atoms with Crippen LogP contribution in [0, 0.1) is 5.82 Å². The van der Waals surface area contributed by atoms with Gasteiger partial charge in [0.25, 0.3) is 5.91 Å². The summed E-state index contributed by atoms with van der Waals surface area (Å²) in [5.41, 5.74) is 0.329. The molecule has 1 fully saturated rings. The zero-order chi connectivity index (χ0) is 17.1. The van der Waals surface area contributed by atoms with Gasteiger partial charge in [0.15, 0.2) is 5.76 Å². The highest BCUT2D eigenvalue weighted by atomic mass is 19.1. The number of hydrogen-bond donors (Lipinski definition) is 0. The Morgan fingerprint density at radius 3 is 2.38 bits per heavy atom. The molecular weight excluding hydrogens is 311 g/mol. The Morgan fingerprint density at radius 1 is 1.04 bits per heavy atom. The van der Waals surface area contributed by atoms with E-state index in [1.165, 1.54) is 6.07 Å². The van der Waals surface area contributed by atoms with Gasteiger partial charge in [0.05, 0.1) is 5.56 Å². The summed E-state index contributed by atoms with van der Waals surface area (Å²) in [5, 5.41) is 0. The quantitative estimate of drug-likeness (QED) is 0.869. The maximum Gasteiger partial charge on any atom is 0.289 e. The summed E-state index contributed by atoms with van der Waals surface area (Å²) in [6, 6.07) is 9.44. The van der Waals surface area contributed by atoms with Crippen LogP contribution in [-0.4, -0.2) is 47.8 Å². The summed E-state index contributed by atoms with van der Waals surface area (Å²) >= 11 is 0. The van der Waals surface area contributed by atoms with E-state index in [-0.39, 0.29) is 17.6 Å². The second-order valence-electron chi connectivity index (χ2n) is 5.67. The fourth-order valence-corrected chi connectivity index (χ4v) is 2.80. The van der Waals surface area contributed by atoms with Crippen molar-refractivity contribution in [3.63, 3.8) is 0 Å². The third kappa shape index (κ3) is 3.18. The molecule has 2 heterocycles. The van der Waals surface area contributed by atoms with E-state index < -0.39 is 5.82 Å². The Kier molecular flexibility index (Phi) is 4.64. The Hall–Kier alpha value is -2.63. The van der Waals surface area contributed by atoms with E-state index in [4.69, 9.17) is 4.42 Å². The minimum atomic E-state index is -0.391. The molecule has 2 amide bonds. The van der Waals surface area contributed by atoms with Gasteiger partial charge in [-0.3, -0.25) is 9.59 Å². The molecule has 6 heteroatoms. The van der Waals surface area contributed by atoms with Crippen molar-refractivity contribution in [1.29, 1.82) is 0 Å². The number of benzene rings is 1. The number of carbonyl (C=O) groups is 2. The van der Waals surface area contributed by atoms with Gasteiger partial charge in [0, 0.05) is 32.6 Å². The summed E-state index contributed by atoms with van der Waals surface area (Å²) in [6.45, 7) is 3.83. The lowest BCUT2D eigenvalue weighted by Crippen LogP contribution is -2.50. The minimum Gasteiger partial charge on any atom is -0.451 e. The summed E-state index contributed by atoms with van der Waals surface area (Å²) in [5.74, 6) is -0.0135. The standard InChI is InChI=1S/C18H19FN2O3/c1-2-17(22)20-9-11-21(12-10-20)18(23)16-8-7-15(24-16)13-5-3-4-6-14(13)19/h3-8H,2,9-12H2,1H3. The predicted molar refractivity (Wildman–Crippen MR) is 86.9 cm³/mol. The van der Waals surface area contributed by atoms with Crippen LogP contribution in [0.25, 0.3) is 11.3 Å². The van der Waals surface area contributed by atoms with E-state index in [2.05, 4.69) is 0 Å². The number of hydrogen-bond acceptors (Lipinski definition) is 3. The smallest absolute Gasteiger partial charge is 0.289 e. The Bertz CT molecular complexity index is 748. The van der Waals surface area contributed by atoms with Gasteiger partial charge >= 0.3 is 0 Å². The highest BCUT2D eigenvalue weighted by Crippen LogP contribution is 2.25. The van der Waals surface area contributed by atoms with Crippen molar-refractivity contribution >= 4 is 11.8 Å². The first kappa shape index (κ1) is 16.2. The van der Waals surface area contributed by atoms with Crippen LogP contribution in [0.5, 0.6) is 0 Å². The fraction of sp³-hybridized carbons (Fsp3) is 0.333. The average Bonchev–Trinajstić information content (AvgIpc) is 3.11. The summed E-state index contributed by atoms with van der Waals surface area (Å²) in [4.78, 5) is 27.6. The van der Waals surface area contributed by atoms with E-state index >= 15 is 0 Å². The van der Waals surface area contributed by atoms with Gasteiger partial charge in [0.2, 0.25) is 5.91 Å². The van der Waals surface area contributed by atoms with Crippen LogP contribution >= 0.6 is 0 Å². The van der Waals surface area contributed by atoms with Crippen LogP contribution < -0.4 is 0 Å². The zero-order valence-corrected chi connectivity index (χ0v) is 13.5. The van der Waals surface area contributed by atoms with E-state index in [0.717, 1.165) is 0 Å². The lowest BCUT2D eigenvalue weighted by atomic mass is 10.1. The molecule has 0 saturated carbocycles. The largest absolute Gasteiger partial charge is 0.451 e. The Morgan fingerprint density at radius 2 is 1.71 bits per heavy atom. The van der Waals surface area contributed by atoms with Gasteiger partial charge in [-0.15, -0.1) is 0 Å². The monoisotopic (exact) mass is 330 g/mol. The SMILES string of the molecule is CCC(=O)N1CCN(C(=O)c2ccc(-c3ccccc3F)o2)CC1. The number of rotatable bonds is 3. The van der Waals surface area contributed by atoms with E-state index in [1.807, 2.05) is 6.92 Å². The summed E-state index contributed by atoms with van der Waals surface area (Å²) < 4.78 is 19.3. The van der Waals surface area contributed by atoms with Crippen molar-refractivity contribution in [3.05, 3.63) is 48.0 Å². The van der Waals surface area contributed by atoms with E-state index in [0.29, 0.717) is 43.9 Å². The van der Waals surface area contributed by atoms with Gasteiger partial charge in [-0.1, -0.05) is 19.1 Å². The summed E-state index contributed by atoms with van der Waals surface area (Å²) in [6.07, 6.45) is 0.470. The van der Waals surface area contributed by atoms with Crippen molar-refractivity contribution < 1.29 is 18.4 Å². The number of piperazine rings is 1. The molecule has 0 spiro atoms. The molecule has 1 aliphatic heterocycles. The van der Waals surface area contributed by atoms with Gasteiger partial charge < -0.3 is 14.2 Å². The molecule has 0 aliphatic carbocycles. The molecule has 0 atom stereocenters. The minimum absolute atomic E-state index is 0.0990. The van der Waals surface area contributed by atoms with Crippen LogP contribution in [0.3, 0.4) is 0 Å². The van der Waals surface area contributed by atoms with Crippen LogP contribution in [0.15, 0.2) is 40.8 Å². The molecule has 126 valence electrons. The third-order valence-corrected chi connectivity index (χ3v) is 4.18. The average molecular weight is 330 g/mol. The van der Waals surface area contributed by atoms with Crippen molar-refractivity contribution in [3.8, 4) is 11.3 Å². The second-order valence-corrected chi connectivity index (χ2v) is 5.67. The molecule has 0 radical (unpaired) electrons. The topological polar surface area (TPSA) is 53.8 Å². The van der Waals surface area contributed by atoms with Gasteiger partial charge in [-0.25, -0.2) is 4.39 Å². The first-order valence-corrected chi connectivity index (χ1v) is 8.02. The highest BCUT2D eigenvalue weighted by Gasteiger charge is 2.26. The van der Waals surface area contributed by atoms with E-state index in [1.54, 1.807) is 40.1 Å². The molecule has 1 aliphatic rings. The van der Waals surface area contributed by atoms with Crippen LogP contribution in [0.4, 0.5) is 4.39 Å².